The predicted molar refractivity (Wildman–Crippen MR) is 123 cm³/mol. The number of imidazole rings is 1. The number of carbonyl (C=O) groups is 1. The molecule has 0 aliphatic rings. The van der Waals surface area contributed by atoms with E-state index < -0.39 is 10.0 Å². The number of hydrogen-bond donors (Lipinski definition) is 2. The zero-order valence-electron chi connectivity index (χ0n) is 17.4. The van der Waals surface area contributed by atoms with Crippen molar-refractivity contribution < 1.29 is 13.2 Å². The third kappa shape index (κ3) is 4.87. The first-order chi connectivity index (χ1) is 15.4. The van der Waals surface area contributed by atoms with Gasteiger partial charge in [-0.05, 0) is 54.4 Å². The summed E-state index contributed by atoms with van der Waals surface area (Å²) in [5.74, 6) is -0.347. The standard InChI is InChI=1S/C24H22N4O3S/c1-18-7-10-20(15-23(18)32(30,31)27-21-5-3-2-4-6-21)24(29)26-16-19-8-11-22(12-9-19)28-14-13-25-17-28/h2-15,17,27H,16H2,1H3,(H,26,29). The average molecular weight is 447 g/mol. The summed E-state index contributed by atoms with van der Waals surface area (Å²) in [6.07, 6.45) is 5.28. The molecule has 1 amide bonds. The summed E-state index contributed by atoms with van der Waals surface area (Å²) < 4.78 is 30.2. The maximum atomic E-state index is 12.9. The Hall–Kier alpha value is -3.91. The van der Waals surface area contributed by atoms with Crippen molar-refractivity contribution in [1.82, 2.24) is 14.9 Å². The molecule has 0 spiro atoms. The third-order valence-electron chi connectivity index (χ3n) is 4.96. The topological polar surface area (TPSA) is 93.1 Å². The second-order valence-electron chi connectivity index (χ2n) is 7.27. The monoisotopic (exact) mass is 446 g/mol. The van der Waals surface area contributed by atoms with Crippen LogP contribution in [0.1, 0.15) is 21.5 Å². The van der Waals surface area contributed by atoms with Gasteiger partial charge in [0.15, 0.2) is 0 Å². The molecule has 32 heavy (non-hydrogen) atoms. The number of carbonyl (C=O) groups excluding carboxylic acids is 1. The first-order valence-electron chi connectivity index (χ1n) is 9.96. The molecule has 1 aromatic heterocycles. The molecule has 0 saturated heterocycles. The summed E-state index contributed by atoms with van der Waals surface area (Å²) in [6, 6.07) is 21.0. The number of aryl methyl sites for hydroxylation is 1. The van der Waals surface area contributed by atoms with Gasteiger partial charge in [0, 0.05) is 35.9 Å². The van der Waals surface area contributed by atoms with Crippen molar-refractivity contribution in [2.24, 2.45) is 0 Å². The van der Waals surface area contributed by atoms with Gasteiger partial charge in [-0.2, -0.15) is 0 Å². The van der Waals surface area contributed by atoms with E-state index in [1.165, 1.54) is 6.07 Å². The van der Waals surface area contributed by atoms with E-state index in [1.54, 1.807) is 61.9 Å². The maximum absolute atomic E-state index is 12.9. The average Bonchev–Trinajstić information content (AvgIpc) is 3.33. The number of anilines is 1. The van der Waals surface area contributed by atoms with Crippen molar-refractivity contribution >= 4 is 21.6 Å². The third-order valence-corrected chi connectivity index (χ3v) is 6.48. The van der Waals surface area contributed by atoms with Crippen LogP contribution in [0.15, 0.2) is 96.4 Å². The summed E-state index contributed by atoms with van der Waals surface area (Å²) >= 11 is 0. The van der Waals surface area contributed by atoms with E-state index in [1.807, 2.05) is 35.0 Å². The van der Waals surface area contributed by atoms with Gasteiger partial charge in [0.05, 0.1) is 11.2 Å². The summed E-state index contributed by atoms with van der Waals surface area (Å²) in [4.78, 5) is 16.8. The Balaban J connectivity index is 1.46. The van der Waals surface area contributed by atoms with Crippen molar-refractivity contribution in [2.75, 3.05) is 4.72 Å². The lowest BCUT2D eigenvalue weighted by atomic mass is 10.1. The second kappa shape index (κ2) is 9.07. The number of sulfonamides is 1. The Bertz CT molecular complexity index is 1320. The fraction of sp³-hybridized carbons (Fsp3) is 0.0833. The molecule has 162 valence electrons. The molecule has 0 radical (unpaired) electrons. The van der Waals surface area contributed by atoms with Crippen molar-refractivity contribution in [2.45, 2.75) is 18.4 Å². The lowest BCUT2D eigenvalue weighted by Gasteiger charge is -2.12. The zero-order chi connectivity index (χ0) is 22.6. The molecule has 0 bridgehead atoms. The minimum atomic E-state index is -3.83. The Morgan fingerprint density at radius 3 is 2.44 bits per heavy atom. The highest BCUT2D eigenvalue weighted by molar-refractivity contribution is 7.92. The van der Waals surface area contributed by atoms with Crippen molar-refractivity contribution in [1.29, 1.82) is 0 Å². The van der Waals surface area contributed by atoms with Crippen molar-refractivity contribution in [3.8, 4) is 5.69 Å². The normalized spacial score (nSPS) is 11.2. The molecule has 4 rings (SSSR count). The highest BCUT2D eigenvalue weighted by Gasteiger charge is 2.19. The van der Waals surface area contributed by atoms with Gasteiger partial charge >= 0.3 is 0 Å². The first-order valence-corrected chi connectivity index (χ1v) is 11.4. The first kappa shape index (κ1) is 21.3. The number of rotatable bonds is 7. The van der Waals surface area contributed by atoms with Crippen LogP contribution in [0.3, 0.4) is 0 Å². The smallest absolute Gasteiger partial charge is 0.262 e. The van der Waals surface area contributed by atoms with E-state index in [-0.39, 0.29) is 16.4 Å². The van der Waals surface area contributed by atoms with Gasteiger partial charge in [0.1, 0.15) is 0 Å². The number of nitrogens with zero attached hydrogens (tertiary/aromatic N) is 2. The number of benzene rings is 3. The molecule has 0 aliphatic heterocycles. The number of para-hydroxylation sites is 1. The van der Waals surface area contributed by atoms with Crippen LogP contribution < -0.4 is 10.0 Å². The van der Waals surface area contributed by atoms with Gasteiger partial charge in [-0.3, -0.25) is 9.52 Å². The molecular weight excluding hydrogens is 424 g/mol. The number of nitrogens with one attached hydrogen (secondary N) is 2. The molecule has 0 unspecified atom stereocenters. The van der Waals surface area contributed by atoms with Gasteiger partial charge in [-0.1, -0.05) is 36.4 Å². The van der Waals surface area contributed by atoms with Gasteiger partial charge in [-0.15, -0.1) is 0 Å². The van der Waals surface area contributed by atoms with Crippen LogP contribution in [0.5, 0.6) is 0 Å². The molecule has 0 fully saturated rings. The molecule has 1 heterocycles. The van der Waals surface area contributed by atoms with E-state index in [2.05, 4.69) is 15.0 Å². The van der Waals surface area contributed by atoms with Crippen LogP contribution >= 0.6 is 0 Å². The molecule has 0 aliphatic carbocycles. The highest BCUT2D eigenvalue weighted by Crippen LogP contribution is 2.21. The summed E-state index contributed by atoms with van der Waals surface area (Å²) in [5, 5.41) is 2.84. The van der Waals surface area contributed by atoms with Gasteiger partial charge in [0.25, 0.3) is 15.9 Å². The number of aromatic nitrogens is 2. The number of amides is 1. The molecule has 7 nitrogen and oxygen atoms in total. The van der Waals surface area contributed by atoms with Crippen molar-refractivity contribution in [3.63, 3.8) is 0 Å². The van der Waals surface area contributed by atoms with Crippen LogP contribution in [-0.2, 0) is 16.6 Å². The molecule has 0 atom stereocenters. The van der Waals surface area contributed by atoms with E-state index in [4.69, 9.17) is 0 Å². The highest BCUT2D eigenvalue weighted by atomic mass is 32.2. The Kier molecular flexibility index (Phi) is 6.04. The lowest BCUT2D eigenvalue weighted by molar-refractivity contribution is 0.0950. The maximum Gasteiger partial charge on any atom is 0.262 e. The minimum Gasteiger partial charge on any atom is -0.348 e. The fourth-order valence-corrected chi connectivity index (χ4v) is 4.56. The van der Waals surface area contributed by atoms with Crippen LogP contribution in [0.2, 0.25) is 0 Å². The van der Waals surface area contributed by atoms with E-state index in [0.29, 0.717) is 17.8 Å². The summed E-state index contributed by atoms with van der Waals surface area (Å²) in [6.45, 7) is 2.02. The summed E-state index contributed by atoms with van der Waals surface area (Å²) in [7, 11) is -3.83. The second-order valence-corrected chi connectivity index (χ2v) is 8.92. The van der Waals surface area contributed by atoms with Crippen LogP contribution in [0.4, 0.5) is 5.69 Å². The Morgan fingerprint density at radius 2 is 1.75 bits per heavy atom. The molecule has 8 heteroatoms. The molecule has 0 saturated carbocycles. The van der Waals surface area contributed by atoms with Crippen LogP contribution in [-0.4, -0.2) is 23.9 Å². The zero-order valence-corrected chi connectivity index (χ0v) is 18.2. The van der Waals surface area contributed by atoms with Crippen LogP contribution in [0.25, 0.3) is 5.69 Å². The Morgan fingerprint density at radius 1 is 1.00 bits per heavy atom. The predicted octanol–water partition coefficient (Wildman–Crippen LogP) is 3.91. The molecule has 2 N–H and O–H groups in total. The van der Waals surface area contributed by atoms with Crippen LogP contribution in [0, 0.1) is 6.92 Å². The molecular formula is C24H22N4O3S. The van der Waals surface area contributed by atoms with E-state index in [0.717, 1.165) is 11.3 Å². The lowest BCUT2D eigenvalue weighted by Crippen LogP contribution is -2.23. The Labute approximate surface area is 186 Å². The fourth-order valence-electron chi connectivity index (χ4n) is 3.23. The molecule has 3 aromatic carbocycles. The number of hydrogen-bond acceptors (Lipinski definition) is 4. The van der Waals surface area contributed by atoms with Gasteiger partial charge in [0.2, 0.25) is 0 Å². The van der Waals surface area contributed by atoms with Crippen molar-refractivity contribution in [3.05, 3.63) is 108 Å². The SMILES string of the molecule is Cc1ccc(C(=O)NCc2ccc(-n3ccnc3)cc2)cc1S(=O)(=O)Nc1ccccc1. The quantitative estimate of drug-likeness (QED) is 0.450. The van der Waals surface area contributed by atoms with Gasteiger partial charge < -0.3 is 9.88 Å². The summed E-state index contributed by atoms with van der Waals surface area (Å²) in [5.41, 5.74) is 3.19. The van der Waals surface area contributed by atoms with E-state index in [9.17, 15) is 13.2 Å². The molecule has 4 aromatic rings. The van der Waals surface area contributed by atoms with Gasteiger partial charge in [-0.25, -0.2) is 13.4 Å². The largest absolute Gasteiger partial charge is 0.348 e. The minimum absolute atomic E-state index is 0.0682. The van der Waals surface area contributed by atoms with E-state index >= 15 is 0 Å².